The molecule has 0 spiro atoms. The summed E-state index contributed by atoms with van der Waals surface area (Å²) < 4.78 is 10.9. The molecular weight excluding hydrogens is 284 g/mol. The van der Waals surface area contributed by atoms with Crippen molar-refractivity contribution in [2.75, 3.05) is 7.11 Å². The first kappa shape index (κ1) is 13.9. The Labute approximate surface area is 136 Å². The van der Waals surface area contributed by atoms with Crippen LogP contribution in [0.15, 0.2) is 66.7 Å². The van der Waals surface area contributed by atoms with Crippen LogP contribution < -0.4 is 9.47 Å². The van der Waals surface area contributed by atoms with Crippen molar-refractivity contribution in [1.82, 2.24) is 0 Å². The first-order valence-corrected chi connectivity index (χ1v) is 7.61. The minimum absolute atomic E-state index is 0.721. The molecule has 3 aromatic carbocycles. The summed E-state index contributed by atoms with van der Waals surface area (Å²) >= 11 is 0. The average Bonchev–Trinajstić information content (AvgIpc) is 3.10. The fraction of sp³-hybridized carbons (Fsp3) is 0.0952. The third kappa shape index (κ3) is 2.57. The normalized spacial score (nSPS) is 12.6. The van der Waals surface area contributed by atoms with Gasteiger partial charge in [0.15, 0.2) is 0 Å². The number of hydrogen-bond donors (Lipinski definition) is 0. The van der Waals surface area contributed by atoms with Gasteiger partial charge in [-0.25, -0.2) is 0 Å². The van der Waals surface area contributed by atoms with Gasteiger partial charge in [0.05, 0.1) is 7.11 Å². The Morgan fingerprint density at radius 3 is 2.39 bits per heavy atom. The molecule has 1 aliphatic heterocycles. The molecule has 1 aliphatic rings. The van der Waals surface area contributed by atoms with Crippen LogP contribution in [0, 0.1) is 6.61 Å². The van der Waals surface area contributed by atoms with Crippen LogP contribution in [0.5, 0.6) is 11.5 Å². The van der Waals surface area contributed by atoms with E-state index in [0.717, 1.165) is 29.0 Å². The zero-order chi connectivity index (χ0) is 15.6. The highest BCUT2D eigenvalue weighted by atomic mass is 16.5. The number of fused-ring (bicyclic) bond motifs is 1. The Morgan fingerprint density at radius 2 is 1.65 bits per heavy atom. The standard InChI is InChI=1S/C21H16O2/c1-22-19-9-7-16(8-10-19)20-14-18(15-5-3-2-4-6-15)13-17-11-12-23-21(17)20/h2-10,13-14H,11H2,1H3. The molecular formula is C21H16O2. The van der Waals surface area contributed by atoms with Crippen LogP contribution in [-0.2, 0) is 6.42 Å². The molecule has 3 aromatic rings. The van der Waals surface area contributed by atoms with Gasteiger partial charge >= 0.3 is 0 Å². The van der Waals surface area contributed by atoms with E-state index in [1.807, 2.05) is 18.2 Å². The molecule has 23 heavy (non-hydrogen) atoms. The lowest BCUT2D eigenvalue weighted by molar-refractivity contribution is 0.415. The molecule has 4 rings (SSSR count). The van der Waals surface area contributed by atoms with E-state index < -0.39 is 0 Å². The molecule has 0 saturated heterocycles. The fourth-order valence-corrected chi connectivity index (χ4v) is 2.91. The number of hydrogen-bond acceptors (Lipinski definition) is 2. The van der Waals surface area contributed by atoms with Gasteiger partial charge in [-0.2, -0.15) is 0 Å². The summed E-state index contributed by atoms with van der Waals surface area (Å²) in [5, 5.41) is 0. The van der Waals surface area contributed by atoms with E-state index in [1.165, 1.54) is 16.7 Å². The average molecular weight is 300 g/mol. The van der Waals surface area contributed by atoms with Crippen LogP contribution in [0.1, 0.15) is 5.56 Å². The van der Waals surface area contributed by atoms with Crippen LogP contribution >= 0.6 is 0 Å². The van der Waals surface area contributed by atoms with Crippen molar-refractivity contribution in [2.45, 2.75) is 6.42 Å². The van der Waals surface area contributed by atoms with Crippen molar-refractivity contribution in [3.8, 4) is 33.8 Å². The molecule has 2 radical (unpaired) electrons. The van der Waals surface area contributed by atoms with Gasteiger partial charge in [-0.3, -0.25) is 0 Å². The van der Waals surface area contributed by atoms with E-state index in [9.17, 15) is 0 Å². The molecule has 0 amide bonds. The van der Waals surface area contributed by atoms with Crippen molar-refractivity contribution in [2.24, 2.45) is 0 Å². The Kier molecular flexibility index (Phi) is 3.51. The summed E-state index contributed by atoms with van der Waals surface area (Å²) in [6.45, 7) is 2.97. The van der Waals surface area contributed by atoms with Gasteiger partial charge in [-0.05, 0) is 46.5 Å². The number of ether oxygens (including phenoxy) is 2. The van der Waals surface area contributed by atoms with Crippen LogP contribution in [0.25, 0.3) is 22.3 Å². The molecule has 0 N–H and O–H groups in total. The van der Waals surface area contributed by atoms with Gasteiger partial charge in [0.1, 0.15) is 11.5 Å². The topological polar surface area (TPSA) is 18.5 Å². The summed E-state index contributed by atoms with van der Waals surface area (Å²) in [5.41, 5.74) is 5.79. The van der Waals surface area contributed by atoms with Crippen molar-refractivity contribution in [1.29, 1.82) is 0 Å². The third-order valence-corrected chi connectivity index (χ3v) is 4.11. The Balaban J connectivity index is 1.86. The number of methoxy groups -OCH3 is 1. The Morgan fingerprint density at radius 1 is 0.870 bits per heavy atom. The molecule has 2 heteroatoms. The monoisotopic (exact) mass is 300 g/mol. The van der Waals surface area contributed by atoms with Crippen molar-refractivity contribution in [3.05, 3.63) is 78.9 Å². The minimum Gasteiger partial charge on any atom is -0.497 e. The first-order chi connectivity index (χ1) is 11.3. The van der Waals surface area contributed by atoms with Gasteiger partial charge < -0.3 is 9.47 Å². The van der Waals surface area contributed by atoms with Crippen molar-refractivity contribution < 1.29 is 9.47 Å². The molecule has 112 valence electrons. The minimum atomic E-state index is 0.721. The zero-order valence-electron chi connectivity index (χ0n) is 12.9. The predicted molar refractivity (Wildman–Crippen MR) is 91.4 cm³/mol. The highest BCUT2D eigenvalue weighted by Crippen LogP contribution is 2.41. The SMILES string of the molecule is COc1ccc(-c2cc(-c3ccccc3)cc3c2O[C]C3)cc1. The van der Waals surface area contributed by atoms with E-state index in [-0.39, 0.29) is 0 Å². The lowest BCUT2D eigenvalue weighted by Gasteiger charge is -2.12. The van der Waals surface area contributed by atoms with Crippen LogP contribution in [0.2, 0.25) is 0 Å². The van der Waals surface area contributed by atoms with E-state index in [4.69, 9.17) is 9.47 Å². The first-order valence-electron chi connectivity index (χ1n) is 7.61. The van der Waals surface area contributed by atoms with Gasteiger partial charge in [-0.15, -0.1) is 0 Å². The second-order valence-corrected chi connectivity index (χ2v) is 5.53. The molecule has 0 aliphatic carbocycles. The van der Waals surface area contributed by atoms with Crippen LogP contribution in [-0.4, -0.2) is 7.11 Å². The largest absolute Gasteiger partial charge is 0.497 e. The molecule has 2 nitrogen and oxygen atoms in total. The number of benzene rings is 3. The lowest BCUT2D eigenvalue weighted by Crippen LogP contribution is -1.89. The Bertz CT molecular complexity index is 820. The maximum Gasteiger partial charge on any atom is 0.201 e. The van der Waals surface area contributed by atoms with E-state index in [0.29, 0.717) is 0 Å². The molecule has 0 atom stereocenters. The predicted octanol–water partition coefficient (Wildman–Crippen LogP) is 5.00. The van der Waals surface area contributed by atoms with E-state index in [1.54, 1.807) is 7.11 Å². The molecule has 1 heterocycles. The van der Waals surface area contributed by atoms with E-state index >= 15 is 0 Å². The lowest BCUT2D eigenvalue weighted by atomic mass is 9.94. The zero-order valence-corrected chi connectivity index (χ0v) is 12.9. The summed E-state index contributed by atoms with van der Waals surface area (Å²) in [4.78, 5) is 0. The van der Waals surface area contributed by atoms with Crippen LogP contribution in [0.4, 0.5) is 0 Å². The smallest absolute Gasteiger partial charge is 0.201 e. The second-order valence-electron chi connectivity index (χ2n) is 5.53. The van der Waals surface area contributed by atoms with Gasteiger partial charge in [0.25, 0.3) is 0 Å². The van der Waals surface area contributed by atoms with Crippen LogP contribution in [0.3, 0.4) is 0 Å². The third-order valence-electron chi connectivity index (χ3n) is 4.11. The summed E-state index contributed by atoms with van der Waals surface area (Å²) in [6, 6.07) is 22.8. The fourth-order valence-electron chi connectivity index (χ4n) is 2.91. The van der Waals surface area contributed by atoms with Crippen molar-refractivity contribution in [3.63, 3.8) is 0 Å². The molecule has 0 unspecified atom stereocenters. The maximum atomic E-state index is 5.65. The highest BCUT2D eigenvalue weighted by Gasteiger charge is 2.20. The second kappa shape index (κ2) is 5.81. The summed E-state index contributed by atoms with van der Waals surface area (Å²) in [7, 11) is 1.68. The molecule has 0 fully saturated rings. The van der Waals surface area contributed by atoms with Gasteiger partial charge in [0.2, 0.25) is 6.61 Å². The summed E-state index contributed by atoms with van der Waals surface area (Å²) in [5.74, 6) is 1.76. The van der Waals surface area contributed by atoms with E-state index in [2.05, 4.69) is 55.1 Å². The maximum absolute atomic E-state index is 5.65. The van der Waals surface area contributed by atoms with Gasteiger partial charge in [-0.1, -0.05) is 42.5 Å². The summed E-state index contributed by atoms with van der Waals surface area (Å²) in [6.07, 6.45) is 0.721. The highest BCUT2D eigenvalue weighted by molar-refractivity contribution is 5.80. The van der Waals surface area contributed by atoms with Crippen molar-refractivity contribution >= 4 is 0 Å². The number of rotatable bonds is 3. The molecule has 0 bridgehead atoms. The Hall–Kier alpha value is -2.74. The molecule has 0 aromatic heterocycles. The molecule has 0 saturated carbocycles. The quantitative estimate of drug-likeness (QED) is 0.677. The van der Waals surface area contributed by atoms with Gasteiger partial charge in [0, 0.05) is 12.0 Å².